The fourth-order valence-corrected chi connectivity index (χ4v) is 6.57. The topological polar surface area (TPSA) is 131 Å². The van der Waals surface area contributed by atoms with Crippen LogP contribution in [0.4, 0.5) is 26.3 Å². The number of benzene rings is 2. The number of rotatable bonds is 9. The Kier molecular flexibility index (Phi) is 35.2. The van der Waals surface area contributed by atoms with Gasteiger partial charge in [-0.05, 0) is 120 Å². The molecule has 409 valence electrons. The average molecular weight is 1020 g/mol. The van der Waals surface area contributed by atoms with Crippen molar-refractivity contribution in [1.29, 1.82) is 0 Å². The molecule has 4 aliphatic rings. The maximum Gasteiger partial charge on any atom is 0.379 e. The summed E-state index contributed by atoms with van der Waals surface area (Å²) in [5.74, 6) is -17.2. The summed E-state index contributed by atoms with van der Waals surface area (Å²) in [6.45, 7) is 38.2. The summed E-state index contributed by atoms with van der Waals surface area (Å²) in [7, 11) is 0.375. The fraction of sp³-hybridized carbons (Fsp3) is 0.534. The second-order valence-corrected chi connectivity index (χ2v) is 17.3. The van der Waals surface area contributed by atoms with Crippen molar-refractivity contribution in [2.24, 2.45) is 5.41 Å². The molecular formula is C58H89F6N2O6. The Labute approximate surface area is 430 Å². The SMILES string of the molecule is C#Cc1ccc(C)c(C=O)c1.C=CNC1=CCCCCC1.CC.CC.CC.CCC(C)(C)OC1(F)C(F)(F)C(F)(F)C1(F)OC.CCCC.O.O.[CH2]c1ccc2c(c1)C(=O)N(C1=CCC(C)(C)CC=C1)C2=C. The Hall–Kier alpha value is -4.94. The van der Waals surface area contributed by atoms with Crippen LogP contribution in [0.1, 0.15) is 197 Å². The van der Waals surface area contributed by atoms with Crippen LogP contribution >= 0.6 is 0 Å². The first-order chi connectivity index (χ1) is 32.8. The molecule has 0 spiro atoms. The number of hydrogen-bond donors (Lipinski definition) is 1. The highest BCUT2D eigenvalue weighted by Gasteiger charge is 3.01. The van der Waals surface area contributed by atoms with Crippen LogP contribution in [0.2, 0.25) is 0 Å². The molecule has 0 bridgehead atoms. The van der Waals surface area contributed by atoms with E-state index in [4.69, 9.17) is 6.42 Å². The van der Waals surface area contributed by atoms with E-state index in [1.165, 1.54) is 71.4 Å². The number of carbonyl (C=O) groups is 2. The van der Waals surface area contributed by atoms with Crippen molar-refractivity contribution in [3.8, 4) is 12.3 Å². The molecule has 1 fully saturated rings. The van der Waals surface area contributed by atoms with Crippen molar-refractivity contribution >= 4 is 17.9 Å². The number of aryl methyl sites for hydroxylation is 1. The number of carbonyl (C=O) groups excluding carboxylic acids is 2. The Morgan fingerprint density at radius 2 is 1.42 bits per heavy atom. The minimum Gasteiger partial charge on any atom is -0.412 e. The number of alkyl halides is 6. The van der Waals surface area contributed by atoms with E-state index in [-0.39, 0.29) is 28.7 Å². The van der Waals surface area contributed by atoms with Crippen LogP contribution in [0.5, 0.6) is 0 Å². The molecule has 1 amide bonds. The van der Waals surface area contributed by atoms with E-state index in [9.17, 15) is 35.9 Å². The third kappa shape index (κ3) is 18.8. The lowest BCUT2D eigenvalue weighted by molar-refractivity contribution is -0.562. The predicted octanol–water partition coefficient (Wildman–Crippen LogP) is 15.6. The molecule has 0 saturated heterocycles. The summed E-state index contributed by atoms with van der Waals surface area (Å²) in [5.41, 5.74) is 6.55. The number of methoxy groups -OCH3 is 1. The van der Waals surface area contributed by atoms with E-state index >= 15 is 0 Å². The first kappa shape index (κ1) is 73.6. The smallest absolute Gasteiger partial charge is 0.379 e. The molecule has 14 heteroatoms. The van der Waals surface area contributed by atoms with Crippen LogP contribution in [0.25, 0.3) is 5.70 Å². The molecule has 72 heavy (non-hydrogen) atoms. The minimum atomic E-state index is -5.31. The Bertz CT molecular complexity index is 2090. The summed E-state index contributed by atoms with van der Waals surface area (Å²) >= 11 is 0. The van der Waals surface area contributed by atoms with Gasteiger partial charge < -0.3 is 25.7 Å². The van der Waals surface area contributed by atoms with Crippen molar-refractivity contribution in [3.63, 3.8) is 0 Å². The van der Waals surface area contributed by atoms with Crippen molar-refractivity contribution in [1.82, 2.24) is 10.2 Å². The van der Waals surface area contributed by atoms with Gasteiger partial charge in [0.25, 0.3) is 5.91 Å². The molecule has 1 radical (unpaired) electrons. The van der Waals surface area contributed by atoms with Crippen molar-refractivity contribution in [2.45, 2.75) is 190 Å². The molecule has 3 aliphatic carbocycles. The lowest BCUT2D eigenvalue weighted by atomic mass is 9.76. The number of allylic oxidation sites excluding steroid dienone is 5. The molecule has 0 aromatic heterocycles. The first-order valence-electron chi connectivity index (χ1n) is 24.7. The molecule has 2 unspecified atom stereocenters. The van der Waals surface area contributed by atoms with Gasteiger partial charge in [-0.2, -0.15) is 26.3 Å². The van der Waals surface area contributed by atoms with Crippen LogP contribution in [0.3, 0.4) is 0 Å². The number of hydrogen-bond acceptors (Lipinski definition) is 5. The van der Waals surface area contributed by atoms with Gasteiger partial charge in [0, 0.05) is 40.8 Å². The molecule has 2 aromatic carbocycles. The van der Waals surface area contributed by atoms with Gasteiger partial charge in [0.2, 0.25) is 0 Å². The van der Waals surface area contributed by atoms with Crippen LogP contribution in [0, 0.1) is 31.6 Å². The molecule has 2 atom stereocenters. The van der Waals surface area contributed by atoms with E-state index in [0.717, 1.165) is 52.8 Å². The van der Waals surface area contributed by atoms with E-state index in [1.54, 1.807) is 17.2 Å². The van der Waals surface area contributed by atoms with E-state index < -0.39 is 29.2 Å². The van der Waals surface area contributed by atoms with E-state index in [0.29, 0.717) is 18.2 Å². The van der Waals surface area contributed by atoms with Crippen molar-refractivity contribution in [3.05, 3.63) is 132 Å². The molecule has 2 aromatic rings. The number of nitrogens with zero attached hydrogens (tertiary/aromatic N) is 1. The maximum absolute atomic E-state index is 14.0. The van der Waals surface area contributed by atoms with Gasteiger partial charge in [0.15, 0.2) is 0 Å². The number of ether oxygens (including phenoxy) is 2. The third-order valence-electron chi connectivity index (χ3n) is 11.2. The molecule has 6 rings (SSSR count). The average Bonchev–Trinajstić information content (AvgIpc) is 3.57. The molecule has 1 heterocycles. The van der Waals surface area contributed by atoms with Gasteiger partial charge in [-0.25, -0.2) is 0 Å². The second kappa shape index (κ2) is 34.5. The zero-order chi connectivity index (χ0) is 54.7. The zero-order valence-corrected chi connectivity index (χ0v) is 46.0. The predicted molar refractivity (Wildman–Crippen MR) is 287 cm³/mol. The van der Waals surface area contributed by atoms with E-state index in [2.05, 4.69) is 86.7 Å². The van der Waals surface area contributed by atoms with Crippen LogP contribution < -0.4 is 5.32 Å². The van der Waals surface area contributed by atoms with Gasteiger partial charge in [-0.1, -0.05) is 151 Å². The summed E-state index contributed by atoms with van der Waals surface area (Å²) in [5, 5.41) is 3.15. The van der Waals surface area contributed by atoms with Crippen LogP contribution in [-0.2, 0) is 9.47 Å². The van der Waals surface area contributed by atoms with E-state index in [1.807, 2.05) is 84.9 Å². The lowest BCUT2D eigenvalue weighted by Gasteiger charge is -2.57. The Balaban J connectivity index is -0.000000412. The highest BCUT2D eigenvalue weighted by Crippen LogP contribution is 2.69. The van der Waals surface area contributed by atoms with Crippen LogP contribution in [0.15, 0.2) is 91.5 Å². The molecule has 1 saturated carbocycles. The lowest BCUT2D eigenvalue weighted by Crippen LogP contribution is -2.88. The number of aldehydes is 1. The molecule has 8 nitrogen and oxygen atoms in total. The largest absolute Gasteiger partial charge is 0.412 e. The molecular weight excluding hydrogens is 935 g/mol. The first-order valence-corrected chi connectivity index (χ1v) is 24.7. The van der Waals surface area contributed by atoms with Crippen molar-refractivity contribution in [2.75, 3.05) is 7.11 Å². The van der Waals surface area contributed by atoms with Crippen LogP contribution in [-0.4, -0.2) is 64.3 Å². The number of halogens is 6. The monoisotopic (exact) mass is 1020 g/mol. The third-order valence-corrected chi connectivity index (χ3v) is 11.2. The Morgan fingerprint density at radius 3 is 1.92 bits per heavy atom. The fourth-order valence-electron chi connectivity index (χ4n) is 6.57. The normalized spacial score (nSPS) is 20.2. The minimum absolute atomic E-state index is 0. The van der Waals surface area contributed by atoms with Gasteiger partial charge in [-0.3, -0.25) is 14.5 Å². The number of unbranched alkanes of at least 4 members (excludes halogenated alkanes) is 1. The zero-order valence-electron chi connectivity index (χ0n) is 46.0. The number of fused-ring (bicyclic) bond motifs is 1. The Morgan fingerprint density at radius 1 is 0.847 bits per heavy atom. The van der Waals surface area contributed by atoms with Crippen molar-refractivity contribution < 1.29 is 56.4 Å². The summed E-state index contributed by atoms with van der Waals surface area (Å²) < 4.78 is 87.8. The van der Waals surface area contributed by atoms with Gasteiger partial charge >= 0.3 is 23.6 Å². The molecule has 1 aliphatic heterocycles. The highest BCUT2D eigenvalue weighted by atomic mass is 19.3. The van der Waals surface area contributed by atoms with Gasteiger partial charge in [-0.15, -0.1) is 6.42 Å². The standard InChI is InChI=1S/C19H20NO.C10H14F6O2.C10H8O.C9H15N.C4H10.3C2H6.2H2O/c1-13-7-8-16-14(2)20(18(21)17(16)12-13)15-6-5-10-19(3,4)11-9-15;1-5-6(2,3)18-10(16)8(13,14)7(11,12)9(10,15)17-4;1-3-9-5-4-8(2)10(6-9)7-11;1-2-10-9-7-5-3-4-6-8-9;1-3-4-2;3*1-2;;/h5-9,12H,1-2,10-11H2,3-4H3;5H2,1-4H3;1,4-7H,2H3;2,7,10H,1,3-6,8H2;3-4H2,1-2H3;3*1-2H3;2*1H2. The summed E-state index contributed by atoms with van der Waals surface area (Å²) in [6.07, 6.45) is 27.4. The number of nitrogens with one attached hydrogen (secondary N) is 1. The number of terminal acetylenes is 1. The van der Waals surface area contributed by atoms with Gasteiger partial charge in [0.1, 0.15) is 6.29 Å². The summed E-state index contributed by atoms with van der Waals surface area (Å²) in [4.78, 5) is 24.8. The second-order valence-electron chi connectivity index (χ2n) is 17.3. The summed E-state index contributed by atoms with van der Waals surface area (Å²) in [6, 6.07) is 11.1. The maximum atomic E-state index is 14.0. The number of amides is 1. The molecule has 5 N–H and O–H groups in total. The highest BCUT2D eigenvalue weighted by molar-refractivity contribution is 6.10. The van der Waals surface area contributed by atoms with Gasteiger partial charge in [0.05, 0.1) is 11.3 Å². The quantitative estimate of drug-likeness (QED) is 0.152.